The first-order chi connectivity index (χ1) is 20.4. The maximum absolute atomic E-state index is 14.5. The van der Waals surface area contributed by atoms with Crippen LogP contribution in [-0.4, -0.2) is 61.1 Å². The highest BCUT2D eigenvalue weighted by Crippen LogP contribution is 2.42. The molecule has 0 unspecified atom stereocenters. The lowest BCUT2D eigenvalue weighted by Crippen LogP contribution is -2.51. The monoisotopic (exact) mass is 609 g/mol. The van der Waals surface area contributed by atoms with Crippen molar-refractivity contribution in [2.75, 3.05) is 26.9 Å². The Morgan fingerprint density at radius 1 is 1.09 bits per heavy atom. The maximum atomic E-state index is 14.5. The van der Waals surface area contributed by atoms with Gasteiger partial charge in [-0.3, -0.25) is 9.59 Å². The highest BCUT2D eigenvalue weighted by Gasteiger charge is 2.56. The average Bonchev–Trinajstić information content (AvgIpc) is 3.78. The van der Waals surface area contributed by atoms with Gasteiger partial charge < -0.3 is 30.4 Å². The van der Waals surface area contributed by atoms with Gasteiger partial charge in [0.15, 0.2) is 11.5 Å². The van der Waals surface area contributed by atoms with Gasteiger partial charge in [-0.25, -0.2) is 13.8 Å². The number of nitrogens with two attached hydrogens (primary N) is 1. The molecule has 4 rings (SSSR count). The molecule has 1 aromatic heterocycles. The Bertz CT molecular complexity index is 1480. The third-order valence-electron chi connectivity index (χ3n) is 6.50. The number of hydrogen-bond acceptors (Lipinski definition) is 7. The van der Waals surface area contributed by atoms with E-state index in [1.807, 2.05) is 0 Å². The molecule has 2 amide bonds. The van der Waals surface area contributed by atoms with Gasteiger partial charge >= 0.3 is 6.18 Å². The van der Waals surface area contributed by atoms with Gasteiger partial charge in [-0.15, -0.1) is 0 Å². The molecule has 1 atom stereocenters. The van der Waals surface area contributed by atoms with Crippen molar-refractivity contribution in [2.45, 2.75) is 37.1 Å². The molecule has 43 heavy (non-hydrogen) atoms. The summed E-state index contributed by atoms with van der Waals surface area (Å²) >= 11 is 0. The molecule has 1 aliphatic rings. The van der Waals surface area contributed by atoms with Gasteiger partial charge in [0.1, 0.15) is 30.5 Å². The minimum absolute atomic E-state index is 0.0240. The Kier molecular flexibility index (Phi) is 9.38. The molecule has 1 aliphatic carbocycles. The Hall–Kier alpha value is -4.46. The zero-order valence-electron chi connectivity index (χ0n) is 22.8. The van der Waals surface area contributed by atoms with Gasteiger partial charge in [0.25, 0.3) is 5.91 Å². The summed E-state index contributed by atoms with van der Waals surface area (Å²) < 4.78 is 86.5. The normalized spacial score (nSPS) is 14.5. The predicted octanol–water partition coefficient (Wildman–Crippen LogP) is 3.99. The van der Waals surface area contributed by atoms with E-state index in [1.165, 1.54) is 37.4 Å². The molecular weight excluding hydrogens is 581 g/mol. The van der Waals surface area contributed by atoms with Crippen LogP contribution >= 0.6 is 0 Å². The Labute approximate surface area is 242 Å². The zero-order chi connectivity index (χ0) is 31.4. The van der Waals surface area contributed by atoms with Crippen LogP contribution in [0.2, 0.25) is 0 Å². The number of alkyl halides is 4. The van der Waals surface area contributed by atoms with E-state index < -0.39 is 61.3 Å². The summed E-state index contributed by atoms with van der Waals surface area (Å²) in [5, 5.41) is 13.2. The van der Waals surface area contributed by atoms with Crippen molar-refractivity contribution < 1.29 is 50.9 Å². The number of methoxy groups -OCH3 is 1. The maximum Gasteiger partial charge on any atom is 0.424 e. The molecular formula is C29H28F5N3O6. The number of nitrogens with one attached hydrogen (secondary N) is 1. The molecule has 14 heteroatoms. The van der Waals surface area contributed by atoms with Crippen LogP contribution in [-0.2, 0) is 16.8 Å². The number of halogens is 5. The Morgan fingerprint density at radius 2 is 1.79 bits per heavy atom. The van der Waals surface area contributed by atoms with Gasteiger partial charge in [0.2, 0.25) is 11.5 Å². The number of carbonyl (C=O) groups excluding carboxylic acids is 2. The topological polar surface area (TPSA) is 133 Å². The molecule has 1 fully saturated rings. The standard InChI is InChI=1S/C29H28F5N3O6/c1-41-22-12-17(4-9-21(22)43-20-7-8-20)27(39)36-15-28(40,29(32,33)34)23-13-18(14-24(35)38)26(42-11-10-30)25(37-23)16-2-5-19(31)6-3-16/h2-6,9,12-13,20,40H,7-8,10-11,14-15H2,1H3,(H2,35,38)(H,36,39)/t28-/m0/s1. The second-order valence-corrected chi connectivity index (χ2v) is 9.76. The summed E-state index contributed by atoms with van der Waals surface area (Å²) in [6.07, 6.45) is -4.32. The molecule has 0 bridgehead atoms. The van der Waals surface area contributed by atoms with Crippen LogP contribution in [0, 0.1) is 5.82 Å². The second-order valence-electron chi connectivity index (χ2n) is 9.76. The quantitative estimate of drug-likeness (QED) is 0.250. The smallest absolute Gasteiger partial charge is 0.424 e. The van der Waals surface area contributed by atoms with Crippen molar-refractivity contribution in [3.63, 3.8) is 0 Å². The summed E-state index contributed by atoms with van der Waals surface area (Å²) in [5.74, 6) is -2.33. The number of nitrogens with zero attached hydrogens (tertiary/aromatic N) is 1. The largest absolute Gasteiger partial charge is 0.493 e. The fraction of sp³-hybridized carbons (Fsp3) is 0.345. The van der Waals surface area contributed by atoms with Crippen molar-refractivity contribution in [3.05, 3.63) is 71.2 Å². The molecule has 1 heterocycles. The van der Waals surface area contributed by atoms with E-state index in [-0.39, 0.29) is 40.0 Å². The van der Waals surface area contributed by atoms with Crippen molar-refractivity contribution in [3.8, 4) is 28.5 Å². The summed E-state index contributed by atoms with van der Waals surface area (Å²) in [7, 11) is 1.34. The lowest BCUT2D eigenvalue weighted by Gasteiger charge is -2.31. The molecule has 0 spiro atoms. The van der Waals surface area contributed by atoms with E-state index in [0.717, 1.165) is 31.0 Å². The number of benzene rings is 2. The van der Waals surface area contributed by atoms with Crippen LogP contribution in [0.4, 0.5) is 22.0 Å². The van der Waals surface area contributed by atoms with E-state index in [0.29, 0.717) is 5.75 Å². The number of hydrogen-bond donors (Lipinski definition) is 3. The molecule has 2 aromatic carbocycles. The predicted molar refractivity (Wildman–Crippen MR) is 143 cm³/mol. The lowest BCUT2D eigenvalue weighted by atomic mass is 9.93. The minimum atomic E-state index is -5.40. The summed E-state index contributed by atoms with van der Waals surface area (Å²) in [5.41, 5.74) is -0.123. The molecule has 9 nitrogen and oxygen atoms in total. The van der Waals surface area contributed by atoms with Gasteiger partial charge in [0.05, 0.1) is 31.9 Å². The van der Waals surface area contributed by atoms with Crippen LogP contribution in [0.1, 0.15) is 34.5 Å². The fourth-order valence-corrected chi connectivity index (χ4v) is 4.14. The number of aromatic nitrogens is 1. The van der Waals surface area contributed by atoms with E-state index in [9.17, 15) is 36.6 Å². The number of amides is 2. The van der Waals surface area contributed by atoms with Gasteiger partial charge in [-0.05, 0) is 61.4 Å². The number of aliphatic hydroxyl groups is 1. The first-order valence-electron chi connectivity index (χ1n) is 13.1. The van der Waals surface area contributed by atoms with Crippen molar-refractivity contribution in [2.24, 2.45) is 5.73 Å². The number of carbonyl (C=O) groups is 2. The van der Waals surface area contributed by atoms with E-state index in [4.69, 9.17) is 19.9 Å². The summed E-state index contributed by atoms with van der Waals surface area (Å²) in [6, 6.07) is 9.17. The van der Waals surface area contributed by atoms with Crippen molar-refractivity contribution in [1.82, 2.24) is 10.3 Å². The van der Waals surface area contributed by atoms with Crippen molar-refractivity contribution >= 4 is 11.8 Å². The van der Waals surface area contributed by atoms with Crippen LogP contribution in [0.15, 0.2) is 48.5 Å². The van der Waals surface area contributed by atoms with Crippen LogP contribution in [0.3, 0.4) is 0 Å². The highest BCUT2D eigenvalue weighted by molar-refractivity contribution is 5.95. The molecule has 4 N–H and O–H groups in total. The van der Waals surface area contributed by atoms with Crippen LogP contribution in [0.5, 0.6) is 17.2 Å². The molecule has 0 saturated heterocycles. The van der Waals surface area contributed by atoms with E-state index in [2.05, 4.69) is 10.3 Å². The number of ether oxygens (including phenoxy) is 3. The molecule has 0 radical (unpaired) electrons. The minimum Gasteiger partial charge on any atom is -0.493 e. The zero-order valence-corrected chi connectivity index (χ0v) is 22.8. The third-order valence-corrected chi connectivity index (χ3v) is 6.50. The van der Waals surface area contributed by atoms with Crippen LogP contribution in [0.25, 0.3) is 11.3 Å². The van der Waals surface area contributed by atoms with Crippen LogP contribution < -0.4 is 25.3 Å². The first kappa shape index (κ1) is 31.5. The molecule has 1 saturated carbocycles. The SMILES string of the molecule is COc1cc(C(=O)NC[C@](O)(c2cc(CC(N)=O)c(OCCF)c(-c3ccc(F)cc3)n2)C(F)(F)F)ccc1OC1CC1. The molecule has 230 valence electrons. The second kappa shape index (κ2) is 12.8. The number of pyridine rings is 1. The molecule has 3 aromatic rings. The number of rotatable bonds is 13. The summed E-state index contributed by atoms with van der Waals surface area (Å²) in [4.78, 5) is 28.7. The summed E-state index contributed by atoms with van der Waals surface area (Å²) in [6.45, 7) is -2.93. The average molecular weight is 610 g/mol. The van der Waals surface area contributed by atoms with Gasteiger partial charge in [-0.1, -0.05) is 0 Å². The Balaban J connectivity index is 1.74. The fourth-order valence-electron chi connectivity index (χ4n) is 4.14. The lowest BCUT2D eigenvalue weighted by molar-refractivity contribution is -0.265. The van der Waals surface area contributed by atoms with Gasteiger partial charge in [-0.2, -0.15) is 13.2 Å². The Morgan fingerprint density at radius 3 is 2.37 bits per heavy atom. The van der Waals surface area contributed by atoms with Crippen molar-refractivity contribution in [1.29, 1.82) is 0 Å². The first-order valence-corrected chi connectivity index (χ1v) is 13.1. The highest BCUT2D eigenvalue weighted by atomic mass is 19.4. The molecule has 0 aliphatic heterocycles. The van der Waals surface area contributed by atoms with E-state index >= 15 is 0 Å². The third kappa shape index (κ3) is 7.31. The number of primary amides is 1. The van der Waals surface area contributed by atoms with Gasteiger partial charge in [0, 0.05) is 16.7 Å². The van der Waals surface area contributed by atoms with E-state index in [1.54, 1.807) is 0 Å².